The third-order valence-electron chi connectivity index (χ3n) is 6.00. The molecule has 2 aromatic rings. The van der Waals surface area contributed by atoms with E-state index in [1.807, 2.05) is 6.20 Å². The van der Waals surface area contributed by atoms with E-state index in [-0.39, 0.29) is 0 Å². The molecular formula is C21H30N4O2. The van der Waals surface area contributed by atoms with Crippen molar-refractivity contribution in [1.82, 2.24) is 19.8 Å². The van der Waals surface area contributed by atoms with Crippen LogP contribution in [0.15, 0.2) is 29.1 Å². The quantitative estimate of drug-likeness (QED) is 0.814. The number of likely N-dealkylation sites (tertiary alicyclic amines) is 2. The molecule has 27 heavy (non-hydrogen) atoms. The molecule has 0 saturated carbocycles. The molecule has 1 amide bonds. The van der Waals surface area contributed by atoms with E-state index >= 15 is 0 Å². The van der Waals surface area contributed by atoms with Crippen LogP contribution in [0.3, 0.4) is 0 Å². The predicted molar refractivity (Wildman–Crippen MR) is 103 cm³/mol. The van der Waals surface area contributed by atoms with Gasteiger partial charge in [0.1, 0.15) is 11.5 Å². The summed E-state index contributed by atoms with van der Waals surface area (Å²) in [5.41, 5.74) is 1.10. The first-order valence-corrected chi connectivity index (χ1v) is 10.3. The Bertz CT molecular complexity index is 739. The summed E-state index contributed by atoms with van der Waals surface area (Å²) in [5.74, 6) is 3.05. The molecule has 2 atom stereocenters. The van der Waals surface area contributed by atoms with Crippen molar-refractivity contribution in [3.63, 3.8) is 0 Å². The number of imidazole rings is 1. The summed E-state index contributed by atoms with van der Waals surface area (Å²) in [5, 5.41) is 0. The molecule has 2 aromatic heterocycles. The molecule has 0 bridgehead atoms. The van der Waals surface area contributed by atoms with Crippen LogP contribution in [-0.4, -0.2) is 51.4 Å². The van der Waals surface area contributed by atoms with Crippen LogP contribution >= 0.6 is 0 Å². The molecule has 0 radical (unpaired) electrons. The number of aromatic amines is 1. The van der Waals surface area contributed by atoms with Crippen molar-refractivity contribution in [1.29, 1.82) is 0 Å². The average Bonchev–Trinajstić information content (AvgIpc) is 3.33. The van der Waals surface area contributed by atoms with Gasteiger partial charge >= 0.3 is 0 Å². The fourth-order valence-electron chi connectivity index (χ4n) is 4.63. The summed E-state index contributed by atoms with van der Waals surface area (Å²) in [6, 6.07) is 4.62. The molecule has 2 aliphatic heterocycles. The smallest absolute Gasteiger partial charge is 0.222 e. The van der Waals surface area contributed by atoms with Crippen LogP contribution in [-0.2, 0) is 24.2 Å². The fourth-order valence-corrected chi connectivity index (χ4v) is 4.63. The molecule has 6 nitrogen and oxygen atoms in total. The molecule has 4 heterocycles. The first-order valence-electron chi connectivity index (χ1n) is 10.3. The Labute approximate surface area is 160 Å². The number of nitrogens with one attached hydrogen (secondary N) is 1. The Balaban J connectivity index is 1.34. The van der Waals surface area contributed by atoms with E-state index in [0.29, 0.717) is 24.3 Å². The normalized spacial score (nSPS) is 23.6. The maximum atomic E-state index is 12.5. The molecule has 2 aliphatic rings. The van der Waals surface area contributed by atoms with Crippen LogP contribution in [0.4, 0.5) is 0 Å². The number of rotatable bonds is 7. The lowest BCUT2D eigenvalue weighted by molar-refractivity contribution is -0.141. The highest BCUT2D eigenvalue weighted by Gasteiger charge is 2.39. The highest BCUT2D eigenvalue weighted by Crippen LogP contribution is 2.32. The van der Waals surface area contributed by atoms with Crippen LogP contribution in [0.1, 0.15) is 49.8 Å². The minimum Gasteiger partial charge on any atom is -0.465 e. The summed E-state index contributed by atoms with van der Waals surface area (Å²) in [6.07, 6.45) is 9.28. The monoisotopic (exact) mass is 370 g/mol. The van der Waals surface area contributed by atoms with Crippen LogP contribution in [0.2, 0.25) is 0 Å². The lowest BCUT2D eigenvalue weighted by Gasteiger charge is -2.47. The number of fused-ring (bicyclic) bond motifs is 1. The van der Waals surface area contributed by atoms with Gasteiger partial charge in [-0.05, 0) is 37.3 Å². The van der Waals surface area contributed by atoms with Gasteiger partial charge in [0, 0.05) is 56.8 Å². The van der Waals surface area contributed by atoms with Gasteiger partial charge in [-0.2, -0.15) is 0 Å². The highest BCUT2D eigenvalue weighted by atomic mass is 16.3. The number of hydrogen-bond acceptors (Lipinski definition) is 4. The Kier molecular flexibility index (Phi) is 5.62. The standard InChI is InChI=1S/C21H30N4O2/c1-2-3-18-5-6-19(27-18)14-24-10-9-20-16(13-24)4-7-21(26)25(20)11-8-17-12-22-15-23-17/h5-6,12,15-16,20H,2-4,7-11,13-14H2,1H3,(H,22,23)/t16-,20+/m0/s1. The number of piperidine rings is 2. The summed E-state index contributed by atoms with van der Waals surface area (Å²) >= 11 is 0. The Morgan fingerprint density at radius 3 is 2.96 bits per heavy atom. The van der Waals surface area contributed by atoms with Crippen LogP contribution < -0.4 is 0 Å². The topological polar surface area (TPSA) is 65.4 Å². The molecule has 0 aliphatic carbocycles. The van der Waals surface area contributed by atoms with Crippen LogP contribution in [0.5, 0.6) is 0 Å². The van der Waals surface area contributed by atoms with Gasteiger partial charge in [0.05, 0.1) is 12.9 Å². The number of carbonyl (C=O) groups is 1. The predicted octanol–water partition coefficient (Wildman–Crippen LogP) is 3.01. The lowest BCUT2D eigenvalue weighted by Crippen LogP contribution is -2.56. The molecule has 0 aromatic carbocycles. The van der Waals surface area contributed by atoms with E-state index in [1.54, 1.807) is 6.33 Å². The zero-order chi connectivity index (χ0) is 18.6. The summed E-state index contributed by atoms with van der Waals surface area (Å²) in [6.45, 7) is 5.94. The van der Waals surface area contributed by atoms with Crippen molar-refractivity contribution >= 4 is 5.91 Å². The van der Waals surface area contributed by atoms with Gasteiger partial charge in [-0.15, -0.1) is 0 Å². The van der Waals surface area contributed by atoms with Crippen LogP contribution in [0.25, 0.3) is 0 Å². The van der Waals surface area contributed by atoms with Crippen molar-refractivity contribution < 1.29 is 9.21 Å². The number of amides is 1. The van der Waals surface area contributed by atoms with E-state index < -0.39 is 0 Å². The van der Waals surface area contributed by atoms with E-state index in [0.717, 1.165) is 75.5 Å². The van der Waals surface area contributed by atoms with E-state index in [4.69, 9.17) is 4.42 Å². The summed E-state index contributed by atoms with van der Waals surface area (Å²) in [7, 11) is 0. The second kappa shape index (κ2) is 8.30. The molecule has 4 rings (SSSR count). The van der Waals surface area contributed by atoms with Gasteiger partial charge in [0.25, 0.3) is 0 Å². The number of hydrogen-bond donors (Lipinski definition) is 1. The molecule has 2 saturated heterocycles. The minimum absolute atomic E-state index is 0.319. The SMILES string of the molecule is CCCc1ccc(CN2CC[C@@H]3[C@@H](CCC(=O)N3CCc3cnc[nH]3)C2)o1. The molecule has 6 heteroatoms. The van der Waals surface area contributed by atoms with Crippen molar-refractivity contribution in [3.05, 3.63) is 41.9 Å². The lowest BCUT2D eigenvalue weighted by atomic mass is 9.83. The van der Waals surface area contributed by atoms with Crippen molar-refractivity contribution in [2.24, 2.45) is 5.92 Å². The molecule has 146 valence electrons. The Morgan fingerprint density at radius 1 is 1.26 bits per heavy atom. The van der Waals surface area contributed by atoms with E-state index in [1.165, 1.54) is 0 Å². The Hall–Kier alpha value is -2.08. The highest BCUT2D eigenvalue weighted by molar-refractivity contribution is 5.77. The van der Waals surface area contributed by atoms with Gasteiger partial charge in [-0.1, -0.05) is 6.92 Å². The molecule has 2 fully saturated rings. The minimum atomic E-state index is 0.319. The number of aromatic nitrogens is 2. The van der Waals surface area contributed by atoms with E-state index in [9.17, 15) is 4.79 Å². The second-order valence-corrected chi connectivity index (χ2v) is 7.92. The Morgan fingerprint density at radius 2 is 2.15 bits per heavy atom. The van der Waals surface area contributed by atoms with Gasteiger partial charge < -0.3 is 14.3 Å². The van der Waals surface area contributed by atoms with E-state index in [2.05, 4.69) is 38.8 Å². The molecular weight excluding hydrogens is 340 g/mol. The number of nitrogens with zero attached hydrogens (tertiary/aromatic N) is 3. The first-order chi connectivity index (χ1) is 13.2. The van der Waals surface area contributed by atoms with Gasteiger partial charge in [0.2, 0.25) is 5.91 Å². The molecule has 1 N–H and O–H groups in total. The van der Waals surface area contributed by atoms with Crippen molar-refractivity contribution in [3.8, 4) is 0 Å². The zero-order valence-electron chi connectivity index (χ0n) is 16.2. The zero-order valence-corrected chi connectivity index (χ0v) is 16.2. The maximum Gasteiger partial charge on any atom is 0.222 e. The molecule has 0 unspecified atom stereocenters. The largest absolute Gasteiger partial charge is 0.465 e. The van der Waals surface area contributed by atoms with Gasteiger partial charge in [-0.3, -0.25) is 9.69 Å². The maximum absolute atomic E-state index is 12.5. The number of H-pyrrole nitrogens is 1. The number of furan rings is 1. The third kappa shape index (κ3) is 4.26. The van der Waals surface area contributed by atoms with Crippen molar-refractivity contribution in [2.75, 3.05) is 19.6 Å². The fraction of sp³-hybridized carbons (Fsp3) is 0.619. The summed E-state index contributed by atoms with van der Waals surface area (Å²) < 4.78 is 5.97. The number of carbonyl (C=O) groups excluding carboxylic acids is 1. The van der Waals surface area contributed by atoms with Crippen LogP contribution in [0, 0.1) is 5.92 Å². The second-order valence-electron chi connectivity index (χ2n) is 7.92. The third-order valence-corrected chi connectivity index (χ3v) is 6.00. The first kappa shape index (κ1) is 18.3. The average molecular weight is 370 g/mol. The number of aryl methyl sites for hydroxylation is 1. The van der Waals surface area contributed by atoms with Gasteiger partial charge in [0.15, 0.2) is 0 Å². The molecule has 0 spiro atoms. The summed E-state index contributed by atoms with van der Waals surface area (Å²) in [4.78, 5) is 24.4. The van der Waals surface area contributed by atoms with Gasteiger partial charge in [-0.25, -0.2) is 4.98 Å². The van der Waals surface area contributed by atoms with Crippen molar-refractivity contribution in [2.45, 2.75) is 58.0 Å².